The van der Waals surface area contributed by atoms with E-state index in [1.807, 2.05) is 42.6 Å². The molecule has 1 aliphatic rings. The van der Waals surface area contributed by atoms with Crippen molar-refractivity contribution in [1.29, 1.82) is 0 Å². The van der Waals surface area contributed by atoms with Gasteiger partial charge < -0.3 is 15.8 Å². The second-order valence-electron chi connectivity index (χ2n) is 8.93. The van der Waals surface area contributed by atoms with Crippen LogP contribution in [0, 0.1) is 0 Å². The number of nitrogens with two attached hydrogens (primary N) is 1. The smallest absolute Gasteiger partial charge is 0.255 e. The molecular formula is C28H35N5O2. The topological polar surface area (TPSA) is 83.7 Å². The van der Waals surface area contributed by atoms with Crippen LogP contribution in [0.2, 0.25) is 0 Å². The summed E-state index contributed by atoms with van der Waals surface area (Å²) in [7, 11) is 1.76. The highest BCUT2D eigenvalue weighted by Gasteiger charge is 2.17. The van der Waals surface area contributed by atoms with Crippen LogP contribution >= 0.6 is 0 Å². The molecule has 3 aromatic rings. The van der Waals surface area contributed by atoms with Crippen molar-refractivity contribution in [2.45, 2.75) is 19.9 Å². The lowest BCUT2D eigenvalue weighted by molar-refractivity contribution is 0.0937. The molecule has 1 aliphatic heterocycles. The number of hydrogen-bond donors (Lipinski definition) is 2. The van der Waals surface area contributed by atoms with Crippen LogP contribution in [0.3, 0.4) is 0 Å². The molecule has 0 aliphatic carbocycles. The summed E-state index contributed by atoms with van der Waals surface area (Å²) < 4.78 is 5.20. The van der Waals surface area contributed by atoms with Gasteiger partial charge in [-0.3, -0.25) is 19.6 Å². The number of carbonyl (C=O) groups is 1. The van der Waals surface area contributed by atoms with Crippen molar-refractivity contribution in [3.05, 3.63) is 77.5 Å². The van der Waals surface area contributed by atoms with Gasteiger partial charge in [0, 0.05) is 63.7 Å². The molecule has 184 valence electrons. The van der Waals surface area contributed by atoms with Crippen molar-refractivity contribution in [3.8, 4) is 11.3 Å². The van der Waals surface area contributed by atoms with Gasteiger partial charge in [-0.1, -0.05) is 37.3 Å². The molecule has 3 N–H and O–H groups in total. The van der Waals surface area contributed by atoms with Gasteiger partial charge >= 0.3 is 0 Å². The van der Waals surface area contributed by atoms with Crippen LogP contribution in [0.5, 0.6) is 0 Å². The fraction of sp³-hybridized carbons (Fsp3) is 0.357. The third-order valence-corrected chi connectivity index (χ3v) is 6.52. The standard InChI is InChI=1S/C28H35N5O2/c1-3-22-18-21(20-33-14-12-32(13-15-33)16-17-35-2)19-30-27(22)23-8-10-24(11-9-23)28(34)31-26-7-5-4-6-25(26)29/h4-11,18-19H,3,12-17,20,29H2,1-2H3,(H,31,34). The molecule has 2 aromatic carbocycles. The van der Waals surface area contributed by atoms with Gasteiger partial charge in [-0.25, -0.2) is 0 Å². The first-order valence-corrected chi connectivity index (χ1v) is 12.2. The number of rotatable bonds is 9. The largest absolute Gasteiger partial charge is 0.397 e. The average Bonchev–Trinajstić information content (AvgIpc) is 2.89. The molecule has 1 fully saturated rings. The number of hydrogen-bond acceptors (Lipinski definition) is 6. The van der Waals surface area contributed by atoms with Gasteiger partial charge in [0.1, 0.15) is 0 Å². The Kier molecular flexibility index (Phi) is 8.47. The molecule has 4 rings (SSSR count). The number of piperazine rings is 1. The number of ether oxygens (including phenoxy) is 1. The van der Waals surface area contributed by atoms with Crippen molar-refractivity contribution in [1.82, 2.24) is 14.8 Å². The molecular weight excluding hydrogens is 438 g/mol. The first kappa shape index (κ1) is 24.9. The summed E-state index contributed by atoms with van der Waals surface area (Å²) in [5.74, 6) is -0.184. The van der Waals surface area contributed by atoms with E-state index in [-0.39, 0.29) is 5.91 Å². The van der Waals surface area contributed by atoms with E-state index in [0.717, 1.165) is 63.6 Å². The molecule has 0 atom stereocenters. The summed E-state index contributed by atoms with van der Waals surface area (Å²) in [5, 5.41) is 2.87. The lowest BCUT2D eigenvalue weighted by atomic mass is 10.0. The number of methoxy groups -OCH3 is 1. The third-order valence-electron chi connectivity index (χ3n) is 6.52. The molecule has 1 aromatic heterocycles. The Morgan fingerprint density at radius 2 is 1.77 bits per heavy atom. The van der Waals surface area contributed by atoms with Gasteiger partial charge in [0.2, 0.25) is 0 Å². The molecule has 35 heavy (non-hydrogen) atoms. The van der Waals surface area contributed by atoms with Crippen molar-refractivity contribution in [2.75, 3.05) is 57.5 Å². The number of anilines is 2. The van der Waals surface area contributed by atoms with E-state index in [0.29, 0.717) is 16.9 Å². The maximum absolute atomic E-state index is 12.6. The van der Waals surface area contributed by atoms with Crippen LogP contribution in [-0.2, 0) is 17.7 Å². The van der Waals surface area contributed by atoms with Gasteiger partial charge in [0.05, 0.1) is 23.7 Å². The summed E-state index contributed by atoms with van der Waals surface area (Å²) >= 11 is 0. The monoisotopic (exact) mass is 473 g/mol. The summed E-state index contributed by atoms with van der Waals surface area (Å²) in [4.78, 5) is 22.4. The van der Waals surface area contributed by atoms with Crippen molar-refractivity contribution >= 4 is 17.3 Å². The number of para-hydroxylation sites is 2. The highest BCUT2D eigenvalue weighted by atomic mass is 16.5. The fourth-order valence-corrected chi connectivity index (χ4v) is 4.41. The SMILES string of the molecule is CCc1cc(CN2CCN(CCOC)CC2)cnc1-c1ccc(C(=O)Nc2ccccc2N)cc1. The molecule has 0 saturated carbocycles. The first-order chi connectivity index (χ1) is 17.1. The Balaban J connectivity index is 1.40. The number of pyridine rings is 1. The Morgan fingerprint density at radius 1 is 1.06 bits per heavy atom. The average molecular weight is 474 g/mol. The zero-order valence-electron chi connectivity index (χ0n) is 20.7. The Morgan fingerprint density at radius 3 is 2.46 bits per heavy atom. The molecule has 0 unspecified atom stereocenters. The molecule has 1 saturated heterocycles. The minimum Gasteiger partial charge on any atom is -0.397 e. The van der Waals surface area contributed by atoms with Crippen LogP contribution in [0.4, 0.5) is 11.4 Å². The number of aromatic nitrogens is 1. The van der Waals surface area contributed by atoms with E-state index in [2.05, 4.69) is 28.1 Å². The molecule has 0 bridgehead atoms. The second-order valence-corrected chi connectivity index (χ2v) is 8.93. The number of carbonyl (C=O) groups excluding carboxylic acids is 1. The van der Waals surface area contributed by atoms with Gasteiger partial charge in [-0.15, -0.1) is 0 Å². The number of nitrogens with one attached hydrogen (secondary N) is 1. The van der Waals surface area contributed by atoms with Crippen molar-refractivity contribution < 1.29 is 9.53 Å². The van der Waals surface area contributed by atoms with E-state index < -0.39 is 0 Å². The fourth-order valence-electron chi connectivity index (χ4n) is 4.41. The van der Waals surface area contributed by atoms with Gasteiger partial charge in [-0.05, 0) is 41.8 Å². The normalized spacial score (nSPS) is 14.7. The van der Waals surface area contributed by atoms with Gasteiger partial charge in [-0.2, -0.15) is 0 Å². The van der Waals surface area contributed by atoms with E-state index in [1.54, 1.807) is 19.2 Å². The van der Waals surface area contributed by atoms with Crippen LogP contribution < -0.4 is 11.1 Å². The minimum absolute atomic E-state index is 0.184. The number of amides is 1. The molecule has 0 radical (unpaired) electrons. The van der Waals surface area contributed by atoms with Gasteiger partial charge in [0.15, 0.2) is 0 Å². The highest BCUT2D eigenvalue weighted by molar-refractivity contribution is 6.05. The van der Waals surface area contributed by atoms with E-state index in [9.17, 15) is 4.79 Å². The Hall–Kier alpha value is -3.26. The number of nitrogens with zero attached hydrogens (tertiary/aromatic N) is 3. The molecule has 7 heteroatoms. The van der Waals surface area contributed by atoms with E-state index in [1.165, 1.54) is 11.1 Å². The molecule has 2 heterocycles. The van der Waals surface area contributed by atoms with Crippen molar-refractivity contribution in [2.24, 2.45) is 0 Å². The lowest BCUT2D eigenvalue weighted by Gasteiger charge is -2.34. The van der Waals surface area contributed by atoms with E-state index in [4.69, 9.17) is 15.5 Å². The zero-order chi connectivity index (χ0) is 24.6. The number of benzene rings is 2. The third kappa shape index (κ3) is 6.45. The second kappa shape index (κ2) is 11.9. The van der Waals surface area contributed by atoms with Crippen molar-refractivity contribution in [3.63, 3.8) is 0 Å². The zero-order valence-corrected chi connectivity index (χ0v) is 20.7. The van der Waals surface area contributed by atoms with Crippen LogP contribution in [-0.4, -0.2) is 67.1 Å². The Labute approximate surface area is 207 Å². The first-order valence-electron chi connectivity index (χ1n) is 12.2. The summed E-state index contributed by atoms with van der Waals surface area (Å²) in [6, 6.07) is 17.1. The maximum Gasteiger partial charge on any atom is 0.255 e. The minimum atomic E-state index is -0.184. The maximum atomic E-state index is 12.6. The lowest BCUT2D eigenvalue weighted by Crippen LogP contribution is -2.46. The summed E-state index contributed by atoms with van der Waals surface area (Å²) in [6.07, 6.45) is 2.89. The van der Waals surface area contributed by atoms with E-state index >= 15 is 0 Å². The molecule has 7 nitrogen and oxygen atoms in total. The summed E-state index contributed by atoms with van der Waals surface area (Å²) in [5.41, 5.74) is 12.1. The number of nitrogen functional groups attached to an aromatic ring is 1. The molecule has 0 spiro atoms. The van der Waals surface area contributed by atoms with Gasteiger partial charge in [0.25, 0.3) is 5.91 Å². The quantitative estimate of drug-likeness (QED) is 0.459. The highest BCUT2D eigenvalue weighted by Crippen LogP contribution is 2.25. The van der Waals surface area contributed by atoms with Crippen LogP contribution in [0.1, 0.15) is 28.4 Å². The van der Waals surface area contributed by atoms with Crippen LogP contribution in [0.15, 0.2) is 60.8 Å². The number of aryl methyl sites for hydroxylation is 1. The predicted molar refractivity (Wildman–Crippen MR) is 141 cm³/mol. The Bertz CT molecular complexity index is 1120. The van der Waals surface area contributed by atoms with Crippen LogP contribution in [0.25, 0.3) is 11.3 Å². The molecule has 1 amide bonds. The predicted octanol–water partition coefficient (Wildman–Crippen LogP) is 3.91. The summed E-state index contributed by atoms with van der Waals surface area (Å²) in [6.45, 7) is 9.14.